The number of carbonyl (C=O) groups excluding carboxylic acids is 1. The highest BCUT2D eigenvalue weighted by molar-refractivity contribution is 9.10. The number of hydrogen-bond donors (Lipinski definition) is 0. The highest BCUT2D eigenvalue weighted by atomic mass is 79.9. The molecule has 3 aromatic rings. The first-order valence-corrected chi connectivity index (χ1v) is 13.8. The van der Waals surface area contributed by atoms with E-state index >= 15 is 4.39 Å². The van der Waals surface area contributed by atoms with E-state index in [1.807, 2.05) is 33.8 Å². The van der Waals surface area contributed by atoms with Gasteiger partial charge in [0.05, 0.1) is 21.4 Å². The van der Waals surface area contributed by atoms with Gasteiger partial charge in [0.1, 0.15) is 17.7 Å². The summed E-state index contributed by atoms with van der Waals surface area (Å²) in [5.41, 5.74) is 2.49. The molecular weight excluding hydrogens is 539 g/mol. The molecular formula is C28H36BrFN4O3. The summed E-state index contributed by atoms with van der Waals surface area (Å²) < 4.78 is 30.2. The fraction of sp³-hybridized carbons (Fsp3) is 0.571. The lowest BCUT2D eigenvalue weighted by Crippen LogP contribution is -2.35. The Morgan fingerprint density at radius 3 is 2.62 bits per heavy atom. The average Bonchev–Trinajstić information content (AvgIpc) is 3.53. The standard InChI is InChI=1S/C28H36BrFN4O3/c1-16-12-20-24(23(30)22(16)29)31-26(36-15-19-8-7-10-32(19)6)21-13-17(2)34(25(20)21)18-9-11-33(14-18)27(35)37-28(3,4)5/h12-13,18-19H,7-11,14-15H2,1-6H3. The van der Waals surface area contributed by atoms with Crippen LogP contribution in [0.3, 0.4) is 0 Å². The Morgan fingerprint density at radius 1 is 1.19 bits per heavy atom. The minimum atomic E-state index is -0.546. The van der Waals surface area contributed by atoms with Crippen LogP contribution in [0.2, 0.25) is 0 Å². The van der Waals surface area contributed by atoms with Crippen molar-refractivity contribution >= 4 is 43.8 Å². The van der Waals surface area contributed by atoms with Gasteiger partial charge in [-0.05, 0) is 101 Å². The van der Waals surface area contributed by atoms with Crippen LogP contribution in [0.4, 0.5) is 9.18 Å². The topological polar surface area (TPSA) is 59.8 Å². The number of halogens is 2. The third-order valence-corrected chi connectivity index (χ3v) is 8.53. The summed E-state index contributed by atoms with van der Waals surface area (Å²) in [6, 6.07) is 4.43. The lowest BCUT2D eigenvalue weighted by molar-refractivity contribution is 0.0289. The molecule has 37 heavy (non-hydrogen) atoms. The third kappa shape index (κ3) is 4.92. The van der Waals surface area contributed by atoms with Crippen molar-refractivity contribution in [3.8, 4) is 5.88 Å². The maximum absolute atomic E-state index is 15.6. The fourth-order valence-corrected chi connectivity index (χ4v) is 5.98. The molecule has 0 spiro atoms. The minimum absolute atomic E-state index is 0.0384. The number of hydrogen-bond acceptors (Lipinski definition) is 5. The zero-order chi connectivity index (χ0) is 26.6. The first-order chi connectivity index (χ1) is 17.4. The zero-order valence-corrected chi connectivity index (χ0v) is 24.1. The number of likely N-dealkylation sites (tertiary alicyclic amines) is 2. The van der Waals surface area contributed by atoms with Crippen LogP contribution in [0.15, 0.2) is 16.6 Å². The second-order valence-corrected chi connectivity index (χ2v) is 12.3. The molecule has 2 fully saturated rings. The predicted molar refractivity (Wildman–Crippen MR) is 147 cm³/mol. The highest BCUT2D eigenvalue weighted by Gasteiger charge is 2.33. The second kappa shape index (κ2) is 9.73. The Labute approximate surface area is 226 Å². The molecule has 4 heterocycles. The smallest absolute Gasteiger partial charge is 0.410 e. The van der Waals surface area contributed by atoms with E-state index in [1.54, 1.807) is 4.90 Å². The molecule has 2 aliphatic heterocycles. The van der Waals surface area contributed by atoms with E-state index in [9.17, 15) is 4.79 Å². The van der Waals surface area contributed by atoms with Crippen LogP contribution in [0.1, 0.15) is 57.3 Å². The van der Waals surface area contributed by atoms with E-state index < -0.39 is 5.60 Å². The number of fused-ring (bicyclic) bond motifs is 3. The van der Waals surface area contributed by atoms with Gasteiger partial charge in [-0.15, -0.1) is 0 Å². The van der Waals surface area contributed by atoms with Crippen molar-refractivity contribution in [3.63, 3.8) is 0 Å². The van der Waals surface area contributed by atoms with Gasteiger partial charge in [-0.25, -0.2) is 14.2 Å². The van der Waals surface area contributed by atoms with Crippen LogP contribution < -0.4 is 4.74 Å². The molecule has 2 unspecified atom stereocenters. The number of benzene rings is 1. The van der Waals surface area contributed by atoms with Crippen LogP contribution in [-0.4, -0.2) is 70.4 Å². The van der Waals surface area contributed by atoms with Crippen molar-refractivity contribution < 1.29 is 18.7 Å². The number of aryl methyl sites for hydroxylation is 2. The van der Waals surface area contributed by atoms with Crippen molar-refractivity contribution in [2.24, 2.45) is 0 Å². The molecule has 2 aliphatic rings. The second-order valence-electron chi connectivity index (χ2n) is 11.5. The Morgan fingerprint density at radius 2 is 1.95 bits per heavy atom. The summed E-state index contributed by atoms with van der Waals surface area (Å²) in [6.45, 7) is 12.3. The Hall–Kier alpha value is -2.39. The van der Waals surface area contributed by atoms with Gasteiger partial charge in [-0.1, -0.05) is 0 Å². The number of carbonyl (C=O) groups is 1. The number of likely N-dealkylation sites (N-methyl/N-ethyl adjacent to an activating group) is 1. The van der Waals surface area contributed by atoms with E-state index in [0.717, 1.165) is 53.4 Å². The molecule has 7 nitrogen and oxygen atoms in total. The van der Waals surface area contributed by atoms with Crippen molar-refractivity contribution in [2.75, 3.05) is 33.3 Å². The van der Waals surface area contributed by atoms with E-state index in [-0.39, 0.29) is 18.0 Å². The maximum atomic E-state index is 15.6. The van der Waals surface area contributed by atoms with Gasteiger partial charge in [0.15, 0.2) is 5.82 Å². The molecule has 2 atom stereocenters. The molecule has 0 radical (unpaired) electrons. The molecule has 2 aromatic heterocycles. The van der Waals surface area contributed by atoms with Gasteiger partial charge >= 0.3 is 6.09 Å². The quantitative estimate of drug-likeness (QED) is 0.362. The number of pyridine rings is 1. The number of amides is 1. The molecule has 5 rings (SSSR count). The minimum Gasteiger partial charge on any atom is -0.476 e. The van der Waals surface area contributed by atoms with E-state index in [1.165, 1.54) is 0 Å². The molecule has 9 heteroatoms. The fourth-order valence-electron chi connectivity index (χ4n) is 5.68. The first-order valence-electron chi connectivity index (χ1n) is 13.1. The molecule has 0 saturated carbocycles. The largest absolute Gasteiger partial charge is 0.476 e. The van der Waals surface area contributed by atoms with Gasteiger partial charge in [0.2, 0.25) is 5.88 Å². The van der Waals surface area contributed by atoms with E-state index in [0.29, 0.717) is 41.6 Å². The average molecular weight is 576 g/mol. The van der Waals surface area contributed by atoms with Crippen LogP contribution in [0.25, 0.3) is 21.8 Å². The molecule has 1 aromatic carbocycles. The molecule has 2 saturated heterocycles. The molecule has 0 N–H and O–H groups in total. The van der Waals surface area contributed by atoms with Gasteiger partial charge in [0.25, 0.3) is 0 Å². The summed E-state index contributed by atoms with van der Waals surface area (Å²) in [5, 5.41) is 1.63. The van der Waals surface area contributed by atoms with Crippen molar-refractivity contribution in [1.29, 1.82) is 0 Å². The number of nitrogens with zero attached hydrogens (tertiary/aromatic N) is 4. The summed E-state index contributed by atoms with van der Waals surface area (Å²) in [4.78, 5) is 21.5. The summed E-state index contributed by atoms with van der Waals surface area (Å²) in [5.74, 6) is 0.0771. The van der Waals surface area contributed by atoms with Crippen LogP contribution in [0.5, 0.6) is 5.88 Å². The predicted octanol–water partition coefficient (Wildman–Crippen LogP) is 6.36. The number of ether oxygens (including phenoxy) is 2. The lowest BCUT2D eigenvalue weighted by Gasteiger charge is -2.25. The Kier molecular flexibility index (Phi) is 6.90. The van der Waals surface area contributed by atoms with E-state index in [2.05, 4.69) is 45.4 Å². The third-order valence-electron chi connectivity index (χ3n) is 7.56. The van der Waals surface area contributed by atoms with Gasteiger partial charge in [-0.3, -0.25) is 0 Å². The van der Waals surface area contributed by atoms with Gasteiger partial charge in [-0.2, -0.15) is 0 Å². The number of aromatic nitrogens is 2. The van der Waals surface area contributed by atoms with Gasteiger partial charge in [0, 0.05) is 30.2 Å². The molecule has 0 aliphatic carbocycles. The molecule has 1 amide bonds. The molecule has 0 bridgehead atoms. The van der Waals surface area contributed by atoms with Crippen LogP contribution in [0, 0.1) is 19.7 Å². The van der Waals surface area contributed by atoms with E-state index in [4.69, 9.17) is 14.5 Å². The summed E-state index contributed by atoms with van der Waals surface area (Å²) in [7, 11) is 2.11. The first kappa shape index (κ1) is 26.2. The SMILES string of the molecule is Cc1cc2c(nc(OCC3CCCN3C)c3cc(C)n(C4CCN(C(=O)OC(C)(C)C)C4)c32)c(F)c1Br. The number of rotatable bonds is 4. The summed E-state index contributed by atoms with van der Waals surface area (Å²) >= 11 is 3.40. The highest BCUT2D eigenvalue weighted by Crippen LogP contribution is 2.40. The summed E-state index contributed by atoms with van der Waals surface area (Å²) in [6.07, 6.45) is 2.71. The Bertz CT molecular complexity index is 1370. The zero-order valence-electron chi connectivity index (χ0n) is 22.5. The normalized spacial score (nSPS) is 20.9. The van der Waals surface area contributed by atoms with Crippen LogP contribution in [-0.2, 0) is 4.74 Å². The monoisotopic (exact) mass is 574 g/mol. The van der Waals surface area contributed by atoms with Crippen molar-refractivity contribution in [3.05, 3.63) is 33.7 Å². The molecule has 200 valence electrons. The maximum Gasteiger partial charge on any atom is 0.410 e. The Balaban J connectivity index is 1.59. The van der Waals surface area contributed by atoms with Crippen LogP contribution >= 0.6 is 15.9 Å². The van der Waals surface area contributed by atoms with Gasteiger partial charge < -0.3 is 23.8 Å². The van der Waals surface area contributed by atoms with Crippen molar-refractivity contribution in [2.45, 2.75) is 71.6 Å². The lowest BCUT2D eigenvalue weighted by atomic mass is 10.1. The van der Waals surface area contributed by atoms with Crippen molar-refractivity contribution in [1.82, 2.24) is 19.4 Å².